The molecule has 1 unspecified atom stereocenters. The predicted octanol–water partition coefficient (Wildman–Crippen LogP) is 2.48. The second-order valence-electron chi connectivity index (χ2n) is 8.14. The van der Waals surface area contributed by atoms with Crippen LogP contribution < -0.4 is 5.32 Å². The van der Waals surface area contributed by atoms with Crippen LogP contribution in [-0.4, -0.2) is 53.9 Å². The van der Waals surface area contributed by atoms with E-state index in [-0.39, 0.29) is 29.6 Å². The van der Waals surface area contributed by atoms with Gasteiger partial charge >= 0.3 is 5.97 Å². The number of aromatic carboxylic acids is 1. The molecule has 0 saturated carbocycles. The highest BCUT2D eigenvalue weighted by Crippen LogP contribution is 2.32. The van der Waals surface area contributed by atoms with Gasteiger partial charge in [0.05, 0.1) is 18.1 Å². The van der Waals surface area contributed by atoms with Crippen LogP contribution in [-0.2, 0) is 13.1 Å². The SMILES string of the molecule is O=C(O)c1cccc(CNC(=O)c2cn3c(n2)C(c2ccccc2)N(C(=O)c2cnc[nH]2)CC3)c1. The molecule has 2 amide bonds. The number of carboxylic acid groups (broad SMARTS) is 1. The summed E-state index contributed by atoms with van der Waals surface area (Å²) in [6.45, 7) is 1.08. The summed E-state index contributed by atoms with van der Waals surface area (Å²) >= 11 is 0. The van der Waals surface area contributed by atoms with Gasteiger partial charge in [-0.15, -0.1) is 0 Å². The molecule has 0 bridgehead atoms. The molecule has 1 aliphatic rings. The maximum Gasteiger partial charge on any atom is 0.335 e. The number of nitrogens with zero attached hydrogens (tertiary/aromatic N) is 4. The molecule has 0 aliphatic carbocycles. The first-order chi connectivity index (χ1) is 17.0. The largest absolute Gasteiger partial charge is 0.478 e. The maximum absolute atomic E-state index is 13.2. The summed E-state index contributed by atoms with van der Waals surface area (Å²) in [7, 11) is 0. The summed E-state index contributed by atoms with van der Waals surface area (Å²) in [6.07, 6.45) is 4.64. The van der Waals surface area contributed by atoms with E-state index >= 15 is 0 Å². The van der Waals surface area contributed by atoms with Gasteiger partial charge < -0.3 is 24.9 Å². The minimum atomic E-state index is -1.03. The Bertz CT molecular complexity index is 1380. The normalized spacial score (nSPS) is 14.9. The number of H-pyrrole nitrogens is 1. The number of aromatic nitrogens is 4. The topological polar surface area (TPSA) is 133 Å². The number of aromatic amines is 1. The Balaban J connectivity index is 1.41. The number of hydrogen-bond donors (Lipinski definition) is 3. The van der Waals surface area contributed by atoms with Crippen molar-refractivity contribution in [3.63, 3.8) is 0 Å². The number of carbonyl (C=O) groups is 3. The number of benzene rings is 2. The van der Waals surface area contributed by atoms with Crippen LogP contribution >= 0.6 is 0 Å². The van der Waals surface area contributed by atoms with E-state index in [1.165, 1.54) is 24.7 Å². The zero-order valence-corrected chi connectivity index (χ0v) is 18.6. The van der Waals surface area contributed by atoms with Gasteiger partial charge in [0.15, 0.2) is 0 Å². The third-order valence-electron chi connectivity index (χ3n) is 5.91. The third-order valence-corrected chi connectivity index (χ3v) is 5.91. The van der Waals surface area contributed by atoms with Gasteiger partial charge in [-0.25, -0.2) is 14.8 Å². The van der Waals surface area contributed by atoms with Crippen LogP contribution in [0.1, 0.15) is 54.3 Å². The number of carbonyl (C=O) groups excluding carboxylic acids is 2. The van der Waals surface area contributed by atoms with Crippen LogP contribution in [0.3, 0.4) is 0 Å². The quantitative estimate of drug-likeness (QED) is 0.397. The Labute approximate surface area is 200 Å². The Kier molecular flexibility index (Phi) is 5.84. The lowest BCUT2D eigenvalue weighted by molar-refractivity contribution is 0.0651. The first kappa shape index (κ1) is 22.1. The Morgan fingerprint density at radius 3 is 2.66 bits per heavy atom. The van der Waals surface area contributed by atoms with Crippen molar-refractivity contribution in [2.24, 2.45) is 0 Å². The third kappa shape index (κ3) is 4.41. The molecule has 4 aromatic rings. The second-order valence-corrected chi connectivity index (χ2v) is 8.14. The molecule has 0 radical (unpaired) electrons. The van der Waals surface area contributed by atoms with E-state index in [0.717, 1.165) is 5.56 Å². The van der Waals surface area contributed by atoms with Crippen molar-refractivity contribution in [3.8, 4) is 0 Å². The van der Waals surface area contributed by atoms with E-state index in [1.54, 1.807) is 23.2 Å². The summed E-state index contributed by atoms with van der Waals surface area (Å²) in [6, 6.07) is 15.5. The average molecular weight is 470 g/mol. The smallest absolute Gasteiger partial charge is 0.335 e. The number of imidazole rings is 2. The monoisotopic (exact) mass is 470 g/mol. The minimum Gasteiger partial charge on any atom is -0.478 e. The summed E-state index contributed by atoms with van der Waals surface area (Å²) < 4.78 is 1.90. The summed E-state index contributed by atoms with van der Waals surface area (Å²) in [4.78, 5) is 50.5. The van der Waals surface area contributed by atoms with Gasteiger partial charge in [-0.1, -0.05) is 42.5 Å². The molecule has 5 rings (SSSR count). The lowest BCUT2D eigenvalue weighted by Crippen LogP contribution is -2.42. The van der Waals surface area contributed by atoms with Crippen molar-refractivity contribution in [2.75, 3.05) is 6.54 Å². The molecule has 1 atom stereocenters. The van der Waals surface area contributed by atoms with E-state index in [0.29, 0.717) is 30.2 Å². The molecule has 10 nitrogen and oxygen atoms in total. The lowest BCUT2D eigenvalue weighted by Gasteiger charge is -2.36. The van der Waals surface area contributed by atoms with Crippen molar-refractivity contribution >= 4 is 17.8 Å². The van der Waals surface area contributed by atoms with Gasteiger partial charge in [0.2, 0.25) is 0 Å². The molecule has 0 fully saturated rings. The fourth-order valence-electron chi connectivity index (χ4n) is 4.22. The predicted molar refractivity (Wildman–Crippen MR) is 125 cm³/mol. The zero-order valence-electron chi connectivity index (χ0n) is 18.6. The standard InChI is InChI=1S/C25H22N6O4/c32-23(27-12-16-5-4-8-18(11-16)25(34)35)20-14-30-9-10-31(24(33)19-13-26-15-28-19)21(22(30)29-20)17-6-2-1-3-7-17/h1-8,11,13-15,21H,9-10,12H2,(H,26,28)(H,27,32)(H,34,35). The number of nitrogens with one attached hydrogen (secondary N) is 2. The van der Waals surface area contributed by atoms with Crippen molar-refractivity contribution < 1.29 is 19.5 Å². The maximum atomic E-state index is 13.2. The summed E-state index contributed by atoms with van der Waals surface area (Å²) in [5, 5.41) is 12.0. The van der Waals surface area contributed by atoms with Crippen LogP contribution in [0, 0.1) is 0 Å². The Morgan fingerprint density at radius 1 is 1.09 bits per heavy atom. The molecule has 35 heavy (non-hydrogen) atoms. The van der Waals surface area contributed by atoms with Gasteiger partial charge in [-0.05, 0) is 23.3 Å². The lowest BCUT2D eigenvalue weighted by atomic mass is 10.0. The molecule has 10 heteroatoms. The number of hydrogen-bond acceptors (Lipinski definition) is 5. The molecule has 3 N–H and O–H groups in total. The highest BCUT2D eigenvalue weighted by Gasteiger charge is 2.35. The van der Waals surface area contributed by atoms with E-state index in [9.17, 15) is 14.4 Å². The molecule has 176 valence electrons. The number of amides is 2. The first-order valence-electron chi connectivity index (χ1n) is 11.0. The van der Waals surface area contributed by atoms with Crippen LogP contribution in [0.4, 0.5) is 0 Å². The van der Waals surface area contributed by atoms with Crippen LogP contribution in [0.2, 0.25) is 0 Å². The van der Waals surface area contributed by atoms with Gasteiger partial charge in [0.1, 0.15) is 23.3 Å². The molecule has 1 aliphatic heterocycles. The van der Waals surface area contributed by atoms with E-state index < -0.39 is 12.0 Å². The van der Waals surface area contributed by atoms with Crippen LogP contribution in [0.5, 0.6) is 0 Å². The highest BCUT2D eigenvalue weighted by molar-refractivity contribution is 5.93. The molecule has 2 aromatic carbocycles. The molecule has 3 heterocycles. The summed E-state index contributed by atoms with van der Waals surface area (Å²) in [5.74, 6) is -1.02. The van der Waals surface area contributed by atoms with Gasteiger partial charge in [0.25, 0.3) is 11.8 Å². The van der Waals surface area contributed by atoms with Gasteiger partial charge in [-0.2, -0.15) is 0 Å². The van der Waals surface area contributed by atoms with E-state index in [4.69, 9.17) is 5.11 Å². The molecule has 2 aromatic heterocycles. The average Bonchev–Trinajstić information content (AvgIpc) is 3.57. The Hall–Kier alpha value is -4.73. The van der Waals surface area contributed by atoms with Gasteiger partial charge in [0, 0.05) is 25.8 Å². The number of carboxylic acids is 1. The molecular weight excluding hydrogens is 448 g/mol. The second kappa shape index (κ2) is 9.26. The molecular formula is C25H22N6O4. The fourth-order valence-corrected chi connectivity index (χ4v) is 4.22. The number of rotatable bonds is 6. The van der Waals surface area contributed by atoms with Crippen molar-refractivity contribution in [2.45, 2.75) is 19.1 Å². The van der Waals surface area contributed by atoms with Gasteiger partial charge in [-0.3, -0.25) is 9.59 Å². The van der Waals surface area contributed by atoms with E-state index in [2.05, 4.69) is 20.3 Å². The van der Waals surface area contributed by atoms with Crippen LogP contribution in [0.15, 0.2) is 73.3 Å². The van der Waals surface area contributed by atoms with Crippen molar-refractivity contribution in [1.29, 1.82) is 0 Å². The fraction of sp³-hybridized carbons (Fsp3) is 0.160. The van der Waals surface area contributed by atoms with Crippen molar-refractivity contribution in [1.82, 2.24) is 29.7 Å². The van der Waals surface area contributed by atoms with E-state index in [1.807, 2.05) is 34.9 Å². The Morgan fingerprint density at radius 2 is 1.91 bits per heavy atom. The molecule has 0 spiro atoms. The zero-order chi connectivity index (χ0) is 24.4. The number of fused-ring (bicyclic) bond motifs is 1. The summed E-state index contributed by atoms with van der Waals surface area (Å²) in [5.41, 5.74) is 2.31. The molecule has 0 saturated heterocycles. The van der Waals surface area contributed by atoms with Crippen LogP contribution in [0.25, 0.3) is 0 Å². The highest BCUT2D eigenvalue weighted by atomic mass is 16.4. The minimum absolute atomic E-state index is 0.155. The van der Waals surface area contributed by atoms with Crippen molar-refractivity contribution in [3.05, 3.63) is 107 Å². The first-order valence-corrected chi connectivity index (χ1v) is 11.0.